The van der Waals surface area contributed by atoms with Crippen LogP contribution in [0.4, 0.5) is 5.69 Å². The third-order valence-electron chi connectivity index (χ3n) is 2.63. The van der Waals surface area contributed by atoms with E-state index in [1.807, 2.05) is 11.0 Å². The van der Waals surface area contributed by atoms with E-state index in [-0.39, 0.29) is 5.91 Å². The molecule has 19 heavy (non-hydrogen) atoms. The standard InChI is InChI=1S/C13H18N4O2/c1-15-13(18)12-10-11(4-6-16-12)17(7-3-5-14)8-9-19-2/h4,6,10H,3,7-9H2,1-2H3,(H,15,18). The molecule has 0 radical (unpaired) electrons. The lowest BCUT2D eigenvalue weighted by Crippen LogP contribution is -2.29. The molecule has 0 bridgehead atoms. The first-order chi connectivity index (χ1) is 9.22. The molecule has 0 fully saturated rings. The summed E-state index contributed by atoms with van der Waals surface area (Å²) in [4.78, 5) is 17.6. The molecule has 0 unspecified atom stereocenters. The van der Waals surface area contributed by atoms with Crippen molar-refractivity contribution in [1.82, 2.24) is 10.3 Å². The number of ether oxygens (including phenoxy) is 1. The van der Waals surface area contributed by atoms with Crippen LogP contribution in [0.15, 0.2) is 18.3 Å². The van der Waals surface area contributed by atoms with E-state index in [1.165, 1.54) is 0 Å². The lowest BCUT2D eigenvalue weighted by molar-refractivity contribution is 0.0958. The minimum absolute atomic E-state index is 0.228. The van der Waals surface area contributed by atoms with Crippen molar-refractivity contribution in [2.75, 3.05) is 38.8 Å². The molecule has 1 N–H and O–H groups in total. The van der Waals surface area contributed by atoms with Crippen LogP contribution in [0.2, 0.25) is 0 Å². The summed E-state index contributed by atoms with van der Waals surface area (Å²) in [7, 11) is 3.19. The average molecular weight is 262 g/mol. The first-order valence-electron chi connectivity index (χ1n) is 6.02. The lowest BCUT2D eigenvalue weighted by Gasteiger charge is -2.23. The van der Waals surface area contributed by atoms with Crippen molar-refractivity contribution < 1.29 is 9.53 Å². The van der Waals surface area contributed by atoms with Crippen LogP contribution in [0, 0.1) is 11.3 Å². The van der Waals surface area contributed by atoms with Gasteiger partial charge in [-0.25, -0.2) is 0 Å². The Kier molecular flexibility index (Phi) is 6.33. The second-order valence-corrected chi connectivity index (χ2v) is 3.87. The SMILES string of the molecule is CNC(=O)c1cc(N(CCC#N)CCOC)ccn1. The van der Waals surface area contributed by atoms with Gasteiger partial charge >= 0.3 is 0 Å². The number of nitrogens with zero attached hydrogens (tertiary/aromatic N) is 3. The van der Waals surface area contributed by atoms with Gasteiger partial charge in [0.25, 0.3) is 5.91 Å². The molecule has 0 aliphatic carbocycles. The van der Waals surface area contributed by atoms with Crippen LogP contribution in [-0.4, -0.2) is 44.7 Å². The van der Waals surface area contributed by atoms with Crippen molar-refractivity contribution in [2.24, 2.45) is 0 Å². The molecular formula is C13H18N4O2. The van der Waals surface area contributed by atoms with Gasteiger partial charge in [0.05, 0.1) is 19.1 Å². The number of amides is 1. The Morgan fingerprint density at radius 3 is 3.00 bits per heavy atom. The van der Waals surface area contributed by atoms with Crippen molar-refractivity contribution in [3.8, 4) is 6.07 Å². The fourth-order valence-electron chi connectivity index (χ4n) is 1.62. The zero-order valence-electron chi connectivity index (χ0n) is 11.2. The molecule has 1 aromatic heterocycles. The number of methoxy groups -OCH3 is 1. The molecule has 102 valence electrons. The maximum absolute atomic E-state index is 11.5. The summed E-state index contributed by atoms with van der Waals surface area (Å²) >= 11 is 0. The second-order valence-electron chi connectivity index (χ2n) is 3.87. The molecule has 6 heteroatoms. The predicted octanol–water partition coefficient (Wildman–Crippen LogP) is 0.808. The first-order valence-corrected chi connectivity index (χ1v) is 6.02. The Labute approximate surface area is 113 Å². The monoisotopic (exact) mass is 262 g/mol. The molecule has 1 rings (SSSR count). The third kappa shape index (κ3) is 4.56. The van der Waals surface area contributed by atoms with Crippen LogP contribution < -0.4 is 10.2 Å². The van der Waals surface area contributed by atoms with Gasteiger partial charge in [-0.05, 0) is 12.1 Å². The summed E-state index contributed by atoms with van der Waals surface area (Å²) in [6.45, 7) is 1.81. The Balaban J connectivity index is 2.88. The molecule has 0 spiro atoms. The number of anilines is 1. The Hall–Kier alpha value is -2.13. The topological polar surface area (TPSA) is 78.2 Å². The van der Waals surface area contributed by atoms with Crippen molar-refractivity contribution in [3.05, 3.63) is 24.0 Å². The van der Waals surface area contributed by atoms with Crippen LogP contribution in [0.5, 0.6) is 0 Å². The zero-order valence-corrected chi connectivity index (χ0v) is 11.2. The number of aromatic nitrogens is 1. The summed E-state index contributed by atoms with van der Waals surface area (Å²) in [6.07, 6.45) is 2.01. The summed E-state index contributed by atoms with van der Waals surface area (Å²) in [6, 6.07) is 5.65. The summed E-state index contributed by atoms with van der Waals surface area (Å²) in [5.41, 5.74) is 1.22. The third-order valence-corrected chi connectivity index (χ3v) is 2.63. The van der Waals surface area contributed by atoms with Gasteiger partial charge in [0.1, 0.15) is 5.69 Å². The van der Waals surface area contributed by atoms with Gasteiger partial charge < -0.3 is 15.0 Å². The Bertz CT molecular complexity index is 456. The molecule has 1 heterocycles. The first kappa shape index (κ1) is 14.9. The smallest absolute Gasteiger partial charge is 0.269 e. The van der Waals surface area contributed by atoms with E-state index < -0.39 is 0 Å². The Morgan fingerprint density at radius 2 is 2.37 bits per heavy atom. The molecule has 0 atom stereocenters. The molecule has 1 aromatic rings. The van der Waals surface area contributed by atoms with E-state index in [1.54, 1.807) is 26.4 Å². The Morgan fingerprint density at radius 1 is 1.58 bits per heavy atom. The van der Waals surface area contributed by atoms with Crippen molar-refractivity contribution >= 4 is 11.6 Å². The number of carbonyl (C=O) groups is 1. The molecule has 0 aromatic carbocycles. The quantitative estimate of drug-likeness (QED) is 0.786. The molecule has 1 amide bonds. The minimum Gasteiger partial charge on any atom is -0.383 e. The van der Waals surface area contributed by atoms with Crippen molar-refractivity contribution in [1.29, 1.82) is 5.26 Å². The van der Waals surface area contributed by atoms with Crippen LogP contribution >= 0.6 is 0 Å². The highest BCUT2D eigenvalue weighted by molar-refractivity contribution is 5.92. The van der Waals surface area contributed by atoms with Gasteiger partial charge in [-0.3, -0.25) is 9.78 Å². The number of rotatable bonds is 7. The van der Waals surface area contributed by atoms with E-state index in [9.17, 15) is 4.79 Å². The van der Waals surface area contributed by atoms with Gasteiger partial charge in [0.2, 0.25) is 0 Å². The fourth-order valence-corrected chi connectivity index (χ4v) is 1.62. The van der Waals surface area contributed by atoms with Crippen LogP contribution in [0.1, 0.15) is 16.9 Å². The molecular weight excluding hydrogens is 244 g/mol. The largest absolute Gasteiger partial charge is 0.383 e. The van der Waals surface area contributed by atoms with Crippen molar-refractivity contribution in [2.45, 2.75) is 6.42 Å². The van der Waals surface area contributed by atoms with Gasteiger partial charge in [-0.15, -0.1) is 0 Å². The minimum atomic E-state index is -0.228. The van der Waals surface area contributed by atoms with E-state index in [4.69, 9.17) is 10.00 Å². The summed E-state index contributed by atoms with van der Waals surface area (Å²) < 4.78 is 5.05. The van der Waals surface area contributed by atoms with Crippen LogP contribution in [0.25, 0.3) is 0 Å². The number of nitriles is 1. The van der Waals surface area contributed by atoms with E-state index >= 15 is 0 Å². The molecule has 0 aliphatic rings. The summed E-state index contributed by atoms with van der Waals surface area (Å²) in [5, 5.41) is 11.2. The second kappa shape index (κ2) is 8.06. The number of pyridine rings is 1. The molecule has 0 saturated carbocycles. The van der Waals surface area contributed by atoms with Crippen LogP contribution in [0.3, 0.4) is 0 Å². The number of nitrogens with one attached hydrogen (secondary N) is 1. The van der Waals surface area contributed by atoms with Gasteiger partial charge in [-0.2, -0.15) is 5.26 Å². The fraction of sp³-hybridized carbons (Fsp3) is 0.462. The average Bonchev–Trinajstić information content (AvgIpc) is 2.46. The van der Waals surface area contributed by atoms with Crippen molar-refractivity contribution in [3.63, 3.8) is 0 Å². The van der Waals surface area contributed by atoms with E-state index in [0.29, 0.717) is 31.8 Å². The zero-order chi connectivity index (χ0) is 14.1. The highest BCUT2D eigenvalue weighted by Crippen LogP contribution is 2.14. The molecule has 6 nitrogen and oxygen atoms in total. The normalized spacial score (nSPS) is 9.74. The van der Waals surface area contributed by atoms with Gasteiger partial charge in [-0.1, -0.05) is 0 Å². The van der Waals surface area contributed by atoms with E-state index in [0.717, 1.165) is 5.69 Å². The number of carbonyl (C=O) groups excluding carboxylic acids is 1. The maximum atomic E-state index is 11.5. The molecule has 0 aliphatic heterocycles. The maximum Gasteiger partial charge on any atom is 0.269 e. The number of hydrogen-bond acceptors (Lipinski definition) is 5. The van der Waals surface area contributed by atoms with Crippen LogP contribution in [-0.2, 0) is 4.74 Å². The molecule has 0 saturated heterocycles. The number of hydrogen-bond donors (Lipinski definition) is 1. The highest BCUT2D eigenvalue weighted by Gasteiger charge is 2.10. The predicted molar refractivity (Wildman–Crippen MR) is 71.9 cm³/mol. The van der Waals surface area contributed by atoms with Gasteiger partial charge in [0, 0.05) is 39.1 Å². The lowest BCUT2D eigenvalue weighted by atomic mass is 10.2. The summed E-state index contributed by atoms with van der Waals surface area (Å²) in [5.74, 6) is -0.228. The highest BCUT2D eigenvalue weighted by atomic mass is 16.5. The van der Waals surface area contributed by atoms with E-state index in [2.05, 4.69) is 16.4 Å². The van der Waals surface area contributed by atoms with Gasteiger partial charge in [0.15, 0.2) is 0 Å².